The molecule has 0 aromatic carbocycles. The van der Waals surface area contributed by atoms with Gasteiger partial charge >= 0.3 is 5.97 Å². The lowest BCUT2D eigenvalue weighted by molar-refractivity contribution is 0.0689. The van der Waals surface area contributed by atoms with Crippen LogP contribution in [0.1, 0.15) is 60.4 Å². The van der Waals surface area contributed by atoms with E-state index >= 15 is 0 Å². The smallest absolute Gasteiger partial charge is 0.354 e. The van der Waals surface area contributed by atoms with Crippen LogP contribution in [0.3, 0.4) is 0 Å². The molecule has 114 valence electrons. The van der Waals surface area contributed by atoms with E-state index in [1.165, 1.54) is 37.6 Å². The number of rotatable bonds is 6. The molecular weight excluding hydrogens is 268 g/mol. The van der Waals surface area contributed by atoms with E-state index in [2.05, 4.69) is 24.1 Å². The summed E-state index contributed by atoms with van der Waals surface area (Å²) in [6.07, 6.45) is 6.01. The molecule has 0 aliphatic heterocycles. The van der Waals surface area contributed by atoms with Gasteiger partial charge in [0, 0.05) is 12.7 Å². The van der Waals surface area contributed by atoms with Crippen LogP contribution in [0.15, 0.2) is 18.3 Å². The van der Waals surface area contributed by atoms with Crippen molar-refractivity contribution in [3.8, 4) is 0 Å². The van der Waals surface area contributed by atoms with Gasteiger partial charge in [-0.15, -0.1) is 0 Å². The van der Waals surface area contributed by atoms with Crippen molar-refractivity contribution < 1.29 is 14.7 Å². The second kappa shape index (κ2) is 6.24. The molecule has 0 unspecified atom stereocenters. The average molecular weight is 290 g/mol. The van der Waals surface area contributed by atoms with Crippen LogP contribution in [0.4, 0.5) is 0 Å². The van der Waals surface area contributed by atoms with Gasteiger partial charge in [-0.3, -0.25) is 4.79 Å². The van der Waals surface area contributed by atoms with Gasteiger partial charge in [0.2, 0.25) is 0 Å². The van der Waals surface area contributed by atoms with Crippen LogP contribution >= 0.6 is 0 Å². The Labute approximate surface area is 124 Å². The predicted octanol–water partition coefficient (Wildman–Crippen LogP) is 2.73. The van der Waals surface area contributed by atoms with E-state index in [1.807, 2.05) is 0 Å². The first-order valence-corrected chi connectivity index (χ1v) is 7.39. The van der Waals surface area contributed by atoms with Gasteiger partial charge in [-0.25, -0.2) is 9.78 Å². The molecule has 0 atom stereocenters. The van der Waals surface area contributed by atoms with Gasteiger partial charge in [0.25, 0.3) is 5.91 Å². The summed E-state index contributed by atoms with van der Waals surface area (Å²) in [4.78, 5) is 26.6. The molecule has 5 nitrogen and oxygen atoms in total. The van der Waals surface area contributed by atoms with Crippen LogP contribution in [-0.4, -0.2) is 28.5 Å². The Kier molecular flexibility index (Phi) is 4.60. The monoisotopic (exact) mass is 290 g/mol. The number of carbonyl (C=O) groups excluding carboxylic acids is 1. The average Bonchev–Trinajstić information content (AvgIpc) is 2.41. The quantitative estimate of drug-likeness (QED) is 0.844. The minimum atomic E-state index is -1.09. The van der Waals surface area contributed by atoms with Gasteiger partial charge in [-0.2, -0.15) is 0 Å². The maximum atomic E-state index is 12.1. The van der Waals surface area contributed by atoms with Crippen molar-refractivity contribution in [2.75, 3.05) is 6.54 Å². The van der Waals surface area contributed by atoms with Crippen LogP contribution in [0.5, 0.6) is 0 Å². The number of pyridine rings is 1. The summed E-state index contributed by atoms with van der Waals surface area (Å²) in [6.45, 7) is 5.09. The number of carboxylic acids is 1. The highest BCUT2D eigenvalue weighted by Gasteiger charge is 2.37. The maximum absolute atomic E-state index is 12.1. The minimum Gasteiger partial charge on any atom is -0.477 e. The number of nitrogens with zero attached hydrogens (tertiary/aromatic N) is 1. The summed E-state index contributed by atoms with van der Waals surface area (Å²) in [6, 6.07) is 2.85. The highest BCUT2D eigenvalue weighted by Crippen LogP contribution is 2.45. The van der Waals surface area contributed by atoms with Crippen molar-refractivity contribution in [2.45, 2.75) is 39.5 Å². The van der Waals surface area contributed by atoms with E-state index in [0.29, 0.717) is 18.0 Å². The molecule has 2 rings (SSSR count). The molecule has 0 saturated heterocycles. The fourth-order valence-electron chi connectivity index (χ4n) is 3.02. The number of carbonyl (C=O) groups is 2. The maximum Gasteiger partial charge on any atom is 0.354 e. The van der Waals surface area contributed by atoms with Crippen molar-refractivity contribution in [1.29, 1.82) is 0 Å². The lowest BCUT2D eigenvalue weighted by Gasteiger charge is -2.43. The second-order valence-corrected chi connectivity index (χ2v) is 6.37. The first-order valence-electron chi connectivity index (χ1n) is 7.39. The number of aromatic carboxylic acids is 1. The Bertz CT molecular complexity index is 519. The molecule has 5 heteroatoms. The zero-order valence-corrected chi connectivity index (χ0v) is 12.6. The molecule has 1 aromatic rings. The summed E-state index contributed by atoms with van der Waals surface area (Å²) in [7, 11) is 0. The van der Waals surface area contributed by atoms with Crippen LogP contribution in [0, 0.1) is 11.3 Å². The number of hydrogen-bond donors (Lipinski definition) is 2. The standard InChI is InChI=1S/C16H22N2O3/c1-11(2)8-16(6-3-7-16)10-18-14(19)12-4-5-13(15(20)21)17-9-12/h4-5,9,11H,3,6-8,10H2,1-2H3,(H,18,19)(H,20,21). The normalized spacial score (nSPS) is 16.3. The molecule has 1 aromatic heterocycles. The Morgan fingerprint density at radius 3 is 2.52 bits per heavy atom. The second-order valence-electron chi connectivity index (χ2n) is 6.37. The zero-order valence-electron chi connectivity index (χ0n) is 12.6. The minimum absolute atomic E-state index is 0.0539. The molecule has 1 aliphatic carbocycles. The molecular formula is C16H22N2O3. The number of amides is 1. The van der Waals surface area contributed by atoms with E-state index in [-0.39, 0.29) is 17.0 Å². The summed E-state index contributed by atoms with van der Waals surface area (Å²) in [5.74, 6) is -0.652. The molecule has 1 fully saturated rings. The highest BCUT2D eigenvalue weighted by molar-refractivity contribution is 5.94. The molecule has 1 heterocycles. The van der Waals surface area contributed by atoms with Crippen molar-refractivity contribution in [3.63, 3.8) is 0 Å². The fourth-order valence-corrected chi connectivity index (χ4v) is 3.02. The summed E-state index contributed by atoms with van der Waals surface area (Å²) in [5, 5.41) is 11.8. The third-order valence-electron chi connectivity index (χ3n) is 4.12. The molecule has 0 spiro atoms. The van der Waals surface area contributed by atoms with E-state index < -0.39 is 5.97 Å². The van der Waals surface area contributed by atoms with Gasteiger partial charge in [0.1, 0.15) is 5.69 Å². The molecule has 2 N–H and O–H groups in total. The Morgan fingerprint density at radius 2 is 2.10 bits per heavy atom. The molecule has 1 aliphatic rings. The summed E-state index contributed by atoms with van der Waals surface area (Å²) < 4.78 is 0. The third kappa shape index (κ3) is 3.80. The largest absolute Gasteiger partial charge is 0.477 e. The van der Waals surface area contributed by atoms with Crippen molar-refractivity contribution in [2.24, 2.45) is 11.3 Å². The highest BCUT2D eigenvalue weighted by atomic mass is 16.4. The van der Waals surface area contributed by atoms with Gasteiger partial charge in [0.15, 0.2) is 0 Å². The van der Waals surface area contributed by atoms with Gasteiger partial charge in [-0.1, -0.05) is 20.3 Å². The molecule has 0 bridgehead atoms. The molecule has 21 heavy (non-hydrogen) atoms. The Hall–Kier alpha value is -1.91. The molecule has 1 saturated carbocycles. The van der Waals surface area contributed by atoms with Crippen molar-refractivity contribution in [1.82, 2.24) is 10.3 Å². The first kappa shape index (κ1) is 15.5. The van der Waals surface area contributed by atoms with Crippen molar-refractivity contribution in [3.05, 3.63) is 29.6 Å². The SMILES string of the molecule is CC(C)CC1(CNC(=O)c2ccc(C(=O)O)nc2)CCC1. The van der Waals surface area contributed by atoms with Crippen molar-refractivity contribution >= 4 is 11.9 Å². The van der Waals surface area contributed by atoms with Gasteiger partial charge in [0.05, 0.1) is 5.56 Å². The number of aromatic nitrogens is 1. The van der Waals surface area contributed by atoms with E-state index in [0.717, 1.165) is 6.42 Å². The Balaban J connectivity index is 1.93. The number of nitrogens with one attached hydrogen (secondary N) is 1. The van der Waals surface area contributed by atoms with Crippen LogP contribution in [0.2, 0.25) is 0 Å². The summed E-state index contributed by atoms with van der Waals surface area (Å²) >= 11 is 0. The van der Waals surface area contributed by atoms with Gasteiger partial charge in [-0.05, 0) is 42.7 Å². The van der Waals surface area contributed by atoms with Gasteiger partial charge < -0.3 is 10.4 Å². The Morgan fingerprint density at radius 1 is 1.38 bits per heavy atom. The van der Waals surface area contributed by atoms with Crippen LogP contribution in [-0.2, 0) is 0 Å². The topological polar surface area (TPSA) is 79.3 Å². The lowest BCUT2D eigenvalue weighted by Crippen LogP contribution is -2.43. The molecule has 1 amide bonds. The first-order chi connectivity index (χ1) is 9.92. The van der Waals surface area contributed by atoms with Crippen LogP contribution in [0.25, 0.3) is 0 Å². The number of carboxylic acid groups (broad SMARTS) is 1. The predicted molar refractivity (Wildman–Crippen MR) is 79.3 cm³/mol. The number of hydrogen-bond acceptors (Lipinski definition) is 3. The van der Waals surface area contributed by atoms with E-state index in [1.54, 1.807) is 0 Å². The third-order valence-corrected chi connectivity index (χ3v) is 4.12. The van der Waals surface area contributed by atoms with Crippen LogP contribution < -0.4 is 5.32 Å². The van der Waals surface area contributed by atoms with E-state index in [9.17, 15) is 9.59 Å². The lowest BCUT2D eigenvalue weighted by atomic mass is 9.64. The molecule has 0 radical (unpaired) electrons. The zero-order chi connectivity index (χ0) is 15.5. The fraction of sp³-hybridized carbons (Fsp3) is 0.562. The summed E-state index contributed by atoms with van der Waals surface area (Å²) in [5.41, 5.74) is 0.596. The van der Waals surface area contributed by atoms with E-state index in [4.69, 9.17) is 5.11 Å².